The van der Waals surface area contributed by atoms with E-state index >= 15 is 0 Å². The zero-order valence-electron chi connectivity index (χ0n) is 16.8. The van der Waals surface area contributed by atoms with Crippen molar-refractivity contribution in [2.45, 2.75) is 19.8 Å². The van der Waals surface area contributed by atoms with E-state index in [0.29, 0.717) is 41.6 Å². The number of halogens is 2. The lowest BCUT2D eigenvalue weighted by Gasteiger charge is -2.32. The quantitative estimate of drug-likeness (QED) is 0.669. The molecule has 2 aromatic carbocycles. The molecule has 0 radical (unpaired) electrons. The van der Waals surface area contributed by atoms with Crippen molar-refractivity contribution in [2.24, 2.45) is 5.92 Å². The topological polar surface area (TPSA) is 93.0 Å². The highest BCUT2D eigenvalue weighted by atomic mass is 35.5. The fourth-order valence-electron chi connectivity index (χ4n) is 3.60. The van der Waals surface area contributed by atoms with Crippen LogP contribution in [0.4, 0.5) is 10.1 Å². The van der Waals surface area contributed by atoms with Gasteiger partial charge in [-0.25, -0.2) is 4.39 Å². The third-order valence-corrected chi connectivity index (χ3v) is 5.49. The predicted octanol–water partition coefficient (Wildman–Crippen LogP) is 3.25. The zero-order valence-corrected chi connectivity index (χ0v) is 17.5. The number of benzene rings is 2. The normalized spacial score (nSPS) is 16.2. The third kappa shape index (κ3) is 4.56. The number of hydrogen-bond donors (Lipinski definition) is 1. The Hall–Kier alpha value is -3.33. The van der Waals surface area contributed by atoms with Gasteiger partial charge in [-0.15, -0.1) is 5.10 Å². The number of hydrogen-bond acceptors (Lipinski definition) is 5. The second-order valence-electron chi connectivity index (χ2n) is 7.39. The maximum Gasteiger partial charge on any atom is 0.253 e. The van der Waals surface area contributed by atoms with Gasteiger partial charge >= 0.3 is 0 Å². The number of piperidine rings is 1. The first-order valence-corrected chi connectivity index (χ1v) is 10.2. The Labute approximate surface area is 183 Å². The van der Waals surface area contributed by atoms with Crippen molar-refractivity contribution in [3.63, 3.8) is 0 Å². The molecule has 2 heterocycles. The number of amides is 2. The van der Waals surface area contributed by atoms with Gasteiger partial charge in [-0.3, -0.25) is 9.59 Å². The van der Waals surface area contributed by atoms with Crippen LogP contribution in [0.3, 0.4) is 0 Å². The van der Waals surface area contributed by atoms with E-state index in [1.807, 2.05) is 0 Å². The van der Waals surface area contributed by atoms with Gasteiger partial charge in [0.25, 0.3) is 5.91 Å². The van der Waals surface area contributed by atoms with Crippen LogP contribution >= 0.6 is 11.6 Å². The molecule has 0 aliphatic carbocycles. The highest BCUT2D eigenvalue weighted by molar-refractivity contribution is 6.30. The lowest BCUT2D eigenvalue weighted by molar-refractivity contribution is -0.121. The van der Waals surface area contributed by atoms with Gasteiger partial charge in [-0.2, -0.15) is 4.68 Å². The number of rotatable bonds is 4. The molecule has 0 spiro atoms. The average Bonchev–Trinajstić information content (AvgIpc) is 3.21. The summed E-state index contributed by atoms with van der Waals surface area (Å²) in [5.74, 6) is -0.808. The molecule has 4 rings (SSSR count). The molecule has 1 atom stereocenters. The summed E-state index contributed by atoms with van der Waals surface area (Å²) in [4.78, 5) is 27.3. The zero-order chi connectivity index (χ0) is 22.0. The molecule has 1 aromatic heterocycles. The number of aromatic nitrogens is 4. The summed E-state index contributed by atoms with van der Waals surface area (Å²) in [6.07, 6.45) is 1.38. The molecule has 8 nitrogen and oxygen atoms in total. The Bertz CT molecular complexity index is 1120. The fourth-order valence-corrected chi connectivity index (χ4v) is 3.73. The van der Waals surface area contributed by atoms with Crippen molar-refractivity contribution in [3.8, 4) is 5.69 Å². The Morgan fingerprint density at radius 2 is 1.97 bits per heavy atom. The second-order valence-corrected chi connectivity index (χ2v) is 7.83. The van der Waals surface area contributed by atoms with Gasteiger partial charge in [0, 0.05) is 29.4 Å². The molecule has 31 heavy (non-hydrogen) atoms. The summed E-state index contributed by atoms with van der Waals surface area (Å²) in [5, 5.41) is 14.4. The van der Waals surface area contributed by atoms with E-state index in [4.69, 9.17) is 11.6 Å². The van der Waals surface area contributed by atoms with Crippen LogP contribution in [0.5, 0.6) is 0 Å². The molecule has 1 aliphatic heterocycles. The van der Waals surface area contributed by atoms with Gasteiger partial charge in [0.2, 0.25) is 5.91 Å². The Morgan fingerprint density at radius 3 is 2.68 bits per heavy atom. The van der Waals surface area contributed by atoms with E-state index in [9.17, 15) is 14.0 Å². The Morgan fingerprint density at radius 1 is 1.19 bits per heavy atom. The van der Waals surface area contributed by atoms with Gasteiger partial charge in [0.1, 0.15) is 11.5 Å². The molecule has 1 fully saturated rings. The lowest BCUT2D eigenvalue weighted by Crippen LogP contribution is -2.43. The minimum atomic E-state index is -0.509. The predicted molar refractivity (Wildman–Crippen MR) is 113 cm³/mol. The van der Waals surface area contributed by atoms with Crippen LogP contribution in [0, 0.1) is 18.7 Å². The first-order chi connectivity index (χ1) is 14.9. The largest absolute Gasteiger partial charge is 0.338 e. The number of carbonyl (C=O) groups excluding carboxylic acids is 2. The maximum absolute atomic E-state index is 14.2. The molecule has 2 amide bonds. The van der Waals surface area contributed by atoms with Crippen LogP contribution in [0.25, 0.3) is 5.69 Å². The van der Waals surface area contributed by atoms with Crippen molar-refractivity contribution < 1.29 is 14.0 Å². The molecule has 1 saturated heterocycles. The molecule has 160 valence electrons. The van der Waals surface area contributed by atoms with Gasteiger partial charge in [-0.05, 0) is 72.7 Å². The number of anilines is 1. The molecule has 3 aromatic rings. The molecule has 0 saturated carbocycles. The minimum Gasteiger partial charge on any atom is -0.338 e. The van der Waals surface area contributed by atoms with Gasteiger partial charge in [-0.1, -0.05) is 11.6 Å². The van der Waals surface area contributed by atoms with Gasteiger partial charge in [0.05, 0.1) is 5.92 Å². The Balaban J connectivity index is 1.46. The van der Waals surface area contributed by atoms with Crippen molar-refractivity contribution in [1.29, 1.82) is 0 Å². The summed E-state index contributed by atoms with van der Waals surface area (Å²) in [6, 6.07) is 10.9. The van der Waals surface area contributed by atoms with Crippen LogP contribution < -0.4 is 5.32 Å². The number of nitrogens with zero attached hydrogens (tertiary/aromatic N) is 5. The standard InChI is InChI=1S/C21H20ClFN6O2/c1-13-25-26-27-29(13)19-11-17(8-9-18(19)23)24-20(30)15-3-2-10-28(12-15)21(31)14-4-6-16(22)7-5-14/h4-9,11,15H,2-3,10,12H2,1H3,(H,24,30). The van der Waals surface area contributed by atoms with E-state index < -0.39 is 5.82 Å². The molecule has 0 bridgehead atoms. The van der Waals surface area contributed by atoms with E-state index in [2.05, 4.69) is 20.8 Å². The van der Waals surface area contributed by atoms with Crippen LogP contribution in [0.2, 0.25) is 5.02 Å². The molecular weight excluding hydrogens is 423 g/mol. The Kier molecular flexibility index (Phi) is 5.94. The summed E-state index contributed by atoms with van der Waals surface area (Å²) >= 11 is 5.89. The highest BCUT2D eigenvalue weighted by Crippen LogP contribution is 2.23. The van der Waals surface area contributed by atoms with Gasteiger partial charge in [0.15, 0.2) is 5.82 Å². The number of likely N-dealkylation sites (tertiary alicyclic amines) is 1. The average molecular weight is 443 g/mol. The van der Waals surface area contributed by atoms with Crippen molar-refractivity contribution in [2.75, 3.05) is 18.4 Å². The summed E-state index contributed by atoms with van der Waals surface area (Å²) in [7, 11) is 0. The van der Waals surface area contributed by atoms with E-state index in [1.54, 1.807) is 36.1 Å². The van der Waals surface area contributed by atoms with Crippen molar-refractivity contribution in [1.82, 2.24) is 25.1 Å². The van der Waals surface area contributed by atoms with Gasteiger partial charge < -0.3 is 10.2 Å². The number of aryl methyl sites for hydroxylation is 1. The number of carbonyl (C=O) groups is 2. The summed E-state index contributed by atoms with van der Waals surface area (Å²) in [6.45, 7) is 2.55. The summed E-state index contributed by atoms with van der Waals surface area (Å²) in [5.41, 5.74) is 1.10. The van der Waals surface area contributed by atoms with Crippen molar-refractivity contribution in [3.05, 3.63) is 64.7 Å². The molecule has 1 unspecified atom stereocenters. The number of nitrogens with one attached hydrogen (secondary N) is 1. The second kappa shape index (κ2) is 8.81. The monoisotopic (exact) mass is 442 g/mol. The van der Waals surface area contributed by atoms with Crippen molar-refractivity contribution >= 4 is 29.1 Å². The third-order valence-electron chi connectivity index (χ3n) is 5.24. The smallest absolute Gasteiger partial charge is 0.253 e. The summed E-state index contributed by atoms with van der Waals surface area (Å²) < 4.78 is 15.5. The van der Waals surface area contributed by atoms with Crippen LogP contribution in [-0.2, 0) is 4.79 Å². The van der Waals surface area contributed by atoms with E-state index in [-0.39, 0.29) is 23.4 Å². The molecule has 1 N–H and O–H groups in total. The number of tetrazole rings is 1. The first kappa shape index (κ1) is 20.9. The van der Waals surface area contributed by atoms with Crippen LogP contribution in [0.1, 0.15) is 29.0 Å². The molecular formula is C21H20ClFN6O2. The first-order valence-electron chi connectivity index (χ1n) is 9.83. The highest BCUT2D eigenvalue weighted by Gasteiger charge is 2.29. The molecule has 10 heteroatoms. The minimum absolute atomic E-state index is 0.132. The van der Waals surface area contributed by atoms with E-state index in [1.165, 1.54) is 22.9 Å². The SMILES string of the molecule is Cc1nnnn1-c1cc(NC(=O)C2CCCN(C(=O)c3ccc(Cl)cc3)C2)ccc1F. The lowest BCUT2D eigenvalue weighted by atomic mass is 9.96. The maximum atomic E-state index is 14.2. The van der Waals surface area contributed by atoms with Crippen LogP contribution in [-0.4, -0.2) is 50.0 Å². The van der Waals surface area contributed by atoms with Crippen LogP contribution in [0.15, 0.2) is 42.5 Å². The molecule has 1 aliphatic rings. The van der Waals surface area contributed by atoms with E-state index in [0.717, 1.165) is 6.42 Å². The fraction of sp³-hybridized carbons (Fsp3) is 0.286.